The molecular weight excluding hydrogens is 843 g/mol. The molecule has 13 atom stereocenters. The van der Waals surface area contributed by atoms with Crippen molar-refractivity contribution in [2.75, 3.05) is 6.61 Å². The van der Waals surface area contributed by atoms with Gasteiger partial charge in [0.15, 0.2) is 24.1 Å². The highest BCUT2D eigenvalue weighted by molar-refractivity contribution is 5.89. The molecule has 16 nitrogen and oxygen atoms in total. The lowest BCUT2D eigenvalue weighted by atomic mass is 9.38. The number of hydrogen-bond acceptors (Lipinski definition) is 15. The summed E-state index contributed by atoms with van der Waals surface area (Å²) in [6.45, 7) is 25.6. The van der Waals surface area contributed by atoms with Crippen LogP contribution in [0.25, 0.3) is 0 Å². The van der Waals surface area contributed by atoms with E-state index in [1.807, 2.05) is 34.6 Å². The summed E-state index contributed by atoms with van der Waals surface area (Å²) >= 11 is 0. The van der Waals surface area contributed by atoms with Crippen molar-refractivity contribution < 1.29 is 72.1 Å². The number of aliphatic hydroxyl groups excluding tert-OH is 1. The van der Waals surface area contributed by atoms with Gasteiger partial charge in [-0.2, -0.15) is 0 Å². The van der Waals surface area contributed by atoms with Crippen LogP contribution in [0.15, 0.2) is 54.1 Å². The minimum Gasteiger partial charge on any atom is -0.458 e. The number of rotatable bonds is 12. The van der Waals surface area contributed by atoms with E-state index in [9.17, 15) is 34.2 Å². The first kappa shape index (κ1) is 50.1. The second-order valence-electron chi connectivity index (χ2n) is 21.1. The van der Waals surface area contributed by atoms with E-state index in [-0.39, 0.29) is 37.4 Å². The first-order chi connectivity index (χ1) is 30.0. The van der Waals surface area contributed by atoms with Crippen molar-refractivity contribution in [3.63, 3.8) is 0 Å². The van der Waals surface area contributed by atoms with Gasteiger partial charge in [0.2, 0.25) is 0 Å². The molecule has 2 bridgehead atoms. The van der Waals surface area contributed by atoms with Crippen molar-refractivity contribution in [2.45, 2.75) is 181 Å². The minimum absolute atomic E-state index is 0.0947. The van der Waals surface area contributed by atoms with Gasteiger partial charge in [0.1, 0.15) is 30.0 Å². The molecule has 2 saturated heterocycles. The van der Waals surface area contributed by atoms with Crippen LogP contribution in [-0.4, -0.2) is 119 Å². The molecule has 4 fully saturated rings. The first-order valence-electron chi connectivity index (χ1n) is 22.5. The fourth-order valence-corrected chi connectivity index (χ4v) is 12.1. The Morgan fingerprint density at radius 1 is 0.954 bits per heavy atom. The zero-order valence-electron chi connectivity index (χ0n) is 40.1. The number of fused-ring (bicyclic) bond motifs is 4. The molecule has 2 saturated carbocycles. The summed E-state index contributed by atoms with van der Waals surface area (Å²) in [6.07, 6.45) is -8.88. The van der Waals surface area contributed by atoms with Gasteiger partial charge in [-0.15, -0.1) is 0 Å². The Hall–Kier alpha value is -4.35. The molecule has 0 aromatic heterocycles. The van der Waals surface area contributed by atoms with E-state index >= 15 is 0 Å². The van der Waals surface area contributed by atoms with Crippen LogP contribution in [0, 0.1) is 28.1 Å². The summed E-state index contributed by atoms with van der Waals surface area (Å²) in [6, 6.07) is 7.18. The average molecular weight is 912 g/mol. The lowest BCUT2D eigenvalue weighted by Crippen LogP contribution is -2.84. The summed E-state index contributed by atoms with van der Waals surface area (Å²) in [5.41, 5.74) is -7.69. The number of carbonyl (C=O) groups is 5. The number of hydrogen-bond donors (Lipinski definition) is 3. The highest BCUT2D eigenvalue weighted by Crippen LogP contribution is 2.71. The molecule has 0 radical (unpaired) electrons. The Labute approximate surface area is 382 Å². The van der Waals surface area contributed by atoms with Gasteiger partial charge >= 0.3 is 30.0 Å². The van der Waals surface area contributed by atoms with E-state index < -0.39 is 124 Å². The van der Waals surface area contributed by atoms with Crippen LogP contribution in [0.1, 0.15) is 120 Å². The molecule has 6 rings (SSSR count). The van der Waals surface area contributed by atoms with Gasteiger partial charge in [-0.3, -0.25) is 9.59 Å². The van der Waals surface area contributed by atoms with Gasteiger partial charge in [0, 0.05) is 42.9 Å². The lowest BCUT2D eigenvalue weighted by molar-refractivity contribution is -0.407. The van der Waals surface area contributed by atoms with E-state index in [0.29, 0.717) is 11.1 Å². The number of amides is 1. The van der Waals surface area contributed by atoms with Crippen molar-refractivity contribution in [1.29, 1.82) is 0 Å². The van der Waals surface area contributed by atoms with Crippen molar-refractivity contribution >= 4 is 30.0 Å². The highest BCUT2D eigenvalue weighted by atomic mass is 16.7. The van der Waals surface area contributed by atoms with Crippen molar-refractivity contribution in [3.8, 4) is 0 Å². The molecule has 1 aromatic rings. The molecule has 360 valence electrons. The van der Waals surface area contributed by atoms with Gasteiger partial charge in [0.25, 0.3) is 0 Å². The largest absolute Gasteiger partial charge is 0.458 e. The van der Waals surface area contributed by atoms with Crippen molar-refractivity contribution in [2.24, 2.45) is 28.1 Å². The molecule has 65 heavy (non-hydrogen) atoms. The number of nitrogens with one attached hydrogen (secondary N) is 1. The highest BCUT2D eigenvalue weighted by Gasteiger charge is 2.81. The second-order valence-corrected chi connectivity index (χ2v) is 21.1. The first-order valence-corrected chi connectivity index (χ1v) is 22.5. The Bertz CT molecular complexity index is 2050. The maximum atomic E-state index is 14.8. The molecule has 0 spiro atoms. The van der Waals surface area contributed by atoms with Crippen LogP contribution < -0.4 is 5.32 Å². The maximum Gasteiger partial charge on any atom is 0.407 e. The third-order valence-corrected chi connectivity index (χ3v) is 14.6. The van der Waals surface area contributed by atoms with E-state index in [0.717, 1.165) is 0 Å². The predicted octanol–water partition coefficient (Wildman–Crippen LogP) is 5.90. The SMILES string of the molecule is C=CC1O[C@H]2C[C@H]3OC[C@@]3(OC(C)=O)[C@H]3[C@H](OC(=O)c4ccccc4)[C@]4(C(C)(C)O)C[C@H](OC(=O)[C@H](O)[C@H](CC(C)C)NC(=O)OC(C)(C)C)C(C)=C([C@H](OC(C)=O)[C@H](O1)[C@]23C)C4(C)C. The van der Waals surface area contributed by atoms with E-state index in [4.69, 9.17) is 37.9 Å². The molecule has 16 heteroatoms. The smallest absolute Gasteiger partial charge is 0.407 e. The fraction of sp³-hybridized carbons (Fsp3) is 0.694. The molecular formula is C49H69NO15. The summed E-state index contributed by atoms with van der Waals surface area (Å²) in [4.78, 5) is 69.2. The Morgan fingerprint density at radius 2 is 1.60 bits per heavy atom. The van der Waals surface area contributed by atoms with E-state index in [2.05, 4.69) is 11.9 Å². The minimum atomic E-state index is -1.90. The number of esters is 4. The van der Waals surface area contributed by atoms with Crippen LogP contribution in [0.4, 0.5) is 4.79 Å². The van der Waals surface area contributed by atoms with Crippen LogP contribution >= 0.6 is 0 Å². The number of carbonyl (C=O) groups excluding carboxylic acids is 5. The van der Waals surface area contributed by atoms with Gasteiger partial charge < -0.3 is 53.4 Å². The van der Waals surface area contributed by atoms with Gasteiger partial charge in [-0.1, -0.05) is 59.4 Å². The zero-order valence-corrected chi connectivity index (χ0v) is 40.1. The van der Waals surface area contributed by atoms with E-state index in [1.54, 1.807) is 71.9 Å². The standard InChI is InChI=1S/C49H69NO15/c1-15-34-61-32-22-33-48(24-58-33,64-28(6)52)38-40(63-41(54)29-19-17-16-18-20-29)49(46(12,13)57)23-31(60-42(55)36(53)30(21-25(2)3)50-43(56)65-44(7,8)9)26(4)35(45(49,10)11)37(59-27(5)51)39(62-34)47(32,38)14/h15-20,25,30-34,36-40,53,57H,1,21-24H2,2-14H3,(H,50,56)/t30-,31-,32-,33+,34?,36+,37-,38-,39-,40-,47+,48-,49+/m0/s1. The molecule has 1 aromatic carbocycles. The van der Waals surface area contributed by atoms with Crippen LogP contribution in [0.3, 0.4) is 0 Å². The van der Waals surface area contributed by atoms with Gasteiger partial charge in [-0.25, -0.2) is 14.4 Å². The molecule has 3 aliphatic carbocycles. The average Bonchev–Trinajstić information content (AvgIpc) is 3.17. The van der Waals surface area contributed by atoms with Crippen LogP contribution in [0.5, 0.6) is 0 Å². The molecule has 3 N–H and O–H groups in total. The monoisotopic (exact) mass is 911 g/mol. The summed E-state index contributed by atoms with van der Waals surface area (Å²) in [5, 5.41) is 27.6. The zero-order chi connectivity index (χ0) is 48.4. The van der Waals surface area contributed by atoms with Gasteiger partial charge in [0.05, 0.1) is 35.8 Å². The predicted molar refractivity (Wildman–Crippen MR) is 234 cm³/mol. The maximum absolute atomic E-state index is 14.8. The summed E-state index contributed by atoms with van der Waals surface area (Å²) in [5.74, 6) is -4.39. The Balaban J connectivity index is 1.65. The van der Waals surface area contributed by atoms with Crippen LogP contribution in [0.2, 0.25) is 0 Å². The molecule has 2 heterocycles. The summed E-state index contributed by atoms with van der Waals surface area (Å²) < 4.78 is 51.4. The summed E-state index contributed by atoms with van der Waals surface area (Å²) in [7, 11) is 0. The molecule has 2 aliphatic heterocycles. The number of alkyl carbamates (subject to hydrolysis) is 1. The molecule has 1 amide bonds. The quantitative estimate of drug-likeness (QED) is 0.127. The number of benzene rings is 1. The van der Waals surface area contributed by atoms with Crippen LogP contribution in [-0.2, 0) is 52.3 Å². The topological polar surface area (TPSA) is 212 Å². The van der Waals surface area contributed by atoms with Crippen molar-refractivity contribution in [1.82, 2.24) is 5.32 Å². The van der Waals surface area contributed by atoms with Gasteiger partial charge in [-0.05, 0) is 83.2 Å². The molecule has 5 aliphatic rings. The third-order valence-electron chi connectivity index (χ3n) is 14.6. The fourth-order valence-electron chi connectivity index (χ4n) is 12.1. The third kappa shape index (κ3) is 8.74. The number of aliphatic hydroxyl groups is 2. The van der Waals surface area contributed by atoms with E-state index in [1.165, 1.54) is 19.9 Å². The Kier molecular flexibility index (Phi) is 13.6. The molecule has 1 unspecified atom stereocenters. The lowest BCUT2D eigenvalue weighted by Gasteiger charge is -2.73. The normalized spacial score (nSPS) is 34.7. The number of ether oxygens (including phenoxy) is 8. The second kappa shape index (κ2) is 17.7. The Morgan fingerprint density at radius 3 is 2.12 bits per heavy atom. The van der Waals surface area contributed by atoms with Crippen molar-refractivity contribution in [3.05, 3.63) is 59.7 Å².